The van der Waals surface area contributed by atoms with Crippen LogP contribution < -0.4 is 4.57 Å². The van der Waals surface area contributed by atoms with Crippen molar-refractivity contribution in [1.29, 1.82) is 0 Å². The van der Waals surface area contributed by atoms with Crippen molar-refractivity contribution in [2.75, 3.05) is 0 Å². The lowest BCUT2D eigenvalue weighted by atomic mass is 10.1. The molecular weight excluding hydrogens is 576 g/mol. The Morgan fingerprint density at radius 2 is 1.38 bits per heavy atom. The fourth-order valence-electron chi connectivity index (χ4n) is 5.90. The van der Waals surface area contributed by atoms with E-state index in [1.165, 1.54) is 25.7 Å². The summed E-state index contributed by atoms with van der Waals surface area (Å²) in [5, 5.41) is 1.07. The number of pyridine rings is 1. The maximum atomic E-state index is 6.17. The first kappa shape index (κ1) is 33.1. The number of aromatic nitrogens is 3. The van der Waals surface area contributed by atoms with Crippen molar-refractivity contribution < 1.29 is 8.98 Å². The standard InChI is InChI=1S/C25H22N3O.C11H9N.C6H14/c1-16-14-15-20-17(2)25(26-4)29-24(20)23(16)28-18(3)27(19-10-6-5-7-11-19)21-12-8-9-13-22(21)28;1-2-6-10(7-3-1)11-8-4-5-9-12-11;1-3-5-6-4-2/h5-15H,4H2,1-3H3;1-9H;3-6H2,1-2H3/q+1;;. The molecule has 3 aromatic heterocycles. The number of nitrogens with zero attached hydrogens (tertiary/aromatic N) is 4. The monoisotopic (exact) mass is 621 g/mol. The molecule has 5 nitrogen and oxygen atoms in total. The van der Waals surface area contributed by atoms with E-state index in [4.69, 9.17) is 4.42 Å². The number of fused-ring (bicyclic) bond motifs is 2. The predicted octanol–water partition coefficient (Wildman–Crippen LogP) is 11.2. The van der Waals surface area contributed by atoms with Crippen LogP contribution in [0.25, 0.3) is 44.6 Å². The van der Waals surface area contributed by atoms with Crippen LogP contribution in [0.4, 0.5) is 5.88 Å². The zero-order valence-electron chi connectivity index (χ0n) is 28.3. The predicted molar refractivity (Wildman–Crippen MR) is 197 cm³/mol. The van der Waals surface area contributed by atoms with Crippen molar-refractivity contribution in [3.05, 3.63) is 138 Å². The Balaban J connectivity index is 0.000000198. The summed E-state index contributed by atoms with van der Waals surface area (Å²) < 4.78 is 10.7. The molecule has 0 bridgehead atoms. The number of benzene rings is 4. The molecule has 4 aromatic carbocycles. The molecule has 5 heteroatoms. The number of para-hydroxylation sites is 3. The summed E-state index contributed by atoms with van der Waals surface area (Å²) in [6, 6.07) is 39.2. The third-order valence-electron chi connectivity index (χ3n) is 8.34. The molecule has 0 fully saturated rings. The Labute approximate surface area is 278 Å². The molecule has 0 unspecified atom stereocenters. The van der Waals surface area contributed by atoms with Gasteiger partial charge in [0.2, 0.25) is 5.88 Å². The van der Waals surface area contributed by atoms with Gasteiger partial charge in [0.25, 0.3) is 5.82 Å². The molecule has 47 heavy (non-hydrogen) atoms. The van der Waals surface area contributed by atoms with Gasteiger partial charge in [-0.1, -0.05) is 118 Å². The van der Waals surface area contributed by atoms with Crippen LogP contribution >= 0.6 is 0 Å². The highest BCUT2D eigenvalue weighted by atomic mass is 16.3. The number of unbranched alkanes of at least 4 members (excludes halogenated alkanes) is 3. The number of hydrogen-bond donors (Lipinski definition) is 0. The second-order valence-corrected chi connectivity index (χ2v) is 11.6. The molecule has 0 spiro atoms. The second kappa shape index (κ2) is 15.8. The average Bonchev–Trinajstić information content (AvgIpc) is 3.61. The molecule has 3 heterocycles. The third kappa shape index (κ3) is 7.25. The van der Waals surface area contributed by atoms with Crippen LogP contribution in [0, 0.1) is 20.8 Å². The molecule has 7 rings (SSSR count). The summed E-state index contributed by atoms with van der Waals surface area (Å²) in [7, 11) is 0. The van der Waals surface area contributed by atoms with Crippen LogP contribution in [-0.2, 0) is 0 Å². The van der Waals surface area contributed by atoms with E-state index in [0.29, 0.717) is 5.88 Å². The molecule has 7 aromatic rings. The van der Waals surface area contributed by atoms with Crippen LogP contribution in [-0.4, -0.2) is 16.3 Å². The van der Waals surface area contributed by atoms with Gasteiger partial charge in [-0.3, -0.25) is 4.98 Å². The summed E-state index contributed by atoms with van der Waals surface area (Å²) >= 11 is 0. The molecule has 0 amide bonds. The van der Waals surface area contributed by atoms with Crippen LogP contribution in [0.3, 0.4) is 0 Å². The van der Waals surface area contributed by atoms with Crippen molar-refractivity contribution in [3.8, 4) is 22.6 Å². The topological polar surface area (TPSA) is 47.2 Å². The van der Waals surface area contributed by atoms with E-state index in [9.17, 15) is 0 Å². The Morgan fingerprint density at radius 1 is 0.745 bits per heavy atom. The zero-order chi connectivity index (χ0) is 33.2. The van der Waals surface area contributed by atoms with Gasteiger partial charge in [0.1, 0.15) is 5.69 Å². The first-order chi connectivity index (χ1) is 23.0. The normalized spacial score (nSPS) is 10.7. The Hall–Kier alpha value is -5.29. The number of furan rings is 1. The van der Waals surface area contributed by atoms with Crippen LogP contribution in [0.2, 0.25) is 0 Å². The van der Waals surface area contributed by atoms with Crippen molar-refractivity contribution in [2.45, 2.75) is 60.3 Å². The minimum absolute atomic E-state index is 0.580. The Bertz CT molecular complexity index is 2000. The molecule has 0 saturated carbocycles. The zero-order valence-corrected chi connectivity index (χ0v) is 28.3. The maximum Gasteiger partial charge on any atom is 0.264 e. The smallest absolute Gasteiger partial charge is 0.264 e. The molecule has 0 saturated heterocycles. The molecule has 0 aliphatic heterocycles. The summed E-state index contributed by atoms with van der Waals surface area (Å²) in [6.07, 6.45) is 7.34. The number of imidazole rings is 1. The number of aryl methyl sites for hydroxylation is 2. The van der Waals surface area contributed by atoms with Gasteiger partial charge in [-0.15, -0.1) is 0 Å². The highest BCUT2D eigenvalue weighted by Crippen LogP contribution is 2.35. The maximum absolute atomic E-state index is 6.17. The van der Waals surface area contributed by atoms with Gasteiger partial charge >= 0.3 is 0 Å². The average molecular weight is 622 g/mol. The molecule has 0 N–H and O–H groups in total. The molecule has 238 valence electrons. The molecule has 0 aliphatic rings. The second-order valence-electron chi connectivity index (χ2n) is 11.6. The highest BCUT2D eigenvalue weighted by molar-refractivity contribution is 5.91. The van der Waals surface area contributed by atoms with Crippen molar-refractivity contribution in [2.24, 2.45) is 4.99 Å². The lowest BCUT2D eigenvalue weighted by Crippen LogP contribution is -2.34. The van der Waals surface area contributed by atoms with E-state index in [1.807, 2.05) is 55.6 Å². The first-order valence-electron chi connectivity index (χ1n) is 16.5. The fraction of sp³-hybridized carbons (Fsp3) is 0.214. The lowest BCUT2D eigenvalue weighted by molar-refractivity contribution is -0.574. The first-order valence-corrected chi connectivity index (χ1v) is 16.5. The van der Waals surface area contributed by atoms with Crippen molar-refractivity contribution in [1.82, 2.24) is 9.55 Å². The van der Waals surface area contributed by atoms with E-state index in [0.717, 1.165) is 61.6 Å². The van der Waals surface area contributed by atoms with Crippen LogP contribution in [0.15, 0.2) is 131 Å². The summed E-state index contributed by atoms with van der Waals surface area (Å²) in [5.41, 5.74) is 9.65. The number of aliphatic imine (C=N–C) groups is 1. The van der Waals surface area contributed by atoms with E-state index in [-0.39, 0.29) is 0 Å². The summed E-state index contributed by atoms with van der Waals surface area (Å²) in [6.45, 7) is 14.4. The lowest BCUT2D eigenvalue weighted by Gasteiger charge is -2.06. The van der Waals surface area contributed by atoms with Crippen LogP contribution in [0.1, 0.15) is 56.5 Å². The molecule has 0 aliphatic carbocycles. The quantitative estimate of drug-likeness (QED) is 0.101. The van der Waals surface area contributed by atoms with E-state index in [1.54, 1.807) is 0 Å². The van der Waals surface area contributed by atoms with Gasteiger partial charge < -0.3 is 4.42 Å². The summed E-state index contributed by atoms with van der Waals surface area (Å²) in [4.78, 5) is 8.33. The van der Waals surface area contributed by atoms with Gasteiger partial charge in [-0.2, -0.15) is 9.13 Å². The van der Waals surface area contributed by atoms with Crippen molar-refractivity contribution >= 4 is 34.6 Å². The van der Waals surface area contributed by atoms with Gasteiger partial charge in [-0.05, 0) is 57.0 Å². The molecular formula is C42H45N4O+. The minimum atomic E-state index is 0.580. The molecule has 0 radical (unpaired) electrons. The SMILES string of the molecule is C=Nc1oc2c(-[n+]3c(C)n(-c4ccccc4)c4ccccc43)c(C)ccc2c1C.CCCCCC.c1ccc(-c2ccccn2)cc1. The van der Waals surface area contributed by atoms with Gasteiger partial charge in [0.05, 0.1) is 5.69 Å². The van der Waals surface area contributed by atoms with Gasteiger partial charge in [0.15, 0.2) is 22.3 Å². The van der Waals surface area contributed by atoms with Gasteiger partial charge in [0, 0.05) is 35.2 Å². The highest BCUT2D eigenvalue weighted by Gasteiger charge is 2.28. The van der Waals surface area contributed by atoms with E-state index in [2.05, 4.69) is 126 Å². The Kier molecular flexibility index (Phi) is 11.1. The van der Waals surface area contributed by atoms with Gasteiger partial charge in [-0.25, -0.2) is 4.99 Å². The third-order valence-corrected chi connectivity index (χ3v) is 8.34. The van der Waals surface area contributed by atoms with E-state index >= 15 is 0 Å². The largest absolute Gasteiger partial charge is 0.434 e. The van der Waals surface area contributed by atoms with Crippen molar-refractivity contribution in [3.63, 3.8) is 0 Å². The van der Waals surface area contributed by atoms with Crippen LogP contribution in [0.5, 0.6) is 0 Å². The van der Waals surface area contributed by atoms with E-state index < -0.39 is 0 Å². The Morgan fingerprint density at radius 3 is 2.02 bits per heavy atom. The molecule has 0 atom stereocenters. The fourth-order valence-corrected chi connectivity index (χ4v) is 5.90. The minimum Gasteiger partial charge on any atom is -0.434 e. The summed E-state index contributed by atoms with van der Waals surface area (Å²) in [5.74, 6) is 1.69. The number of hydrogen-bond acceptors (Lipinski definition) is 3. The number of rotatable bonds is 7.